The Morgan fingerprint density at radius 2 is 1.86 bits per heavy atom. The van der Waals surface area contributed by atoms with E-state index in [0.29, 0.717) is 15.8 Å². The Balaban J connectivity index is 2.32. The van der Waals surface area contributed by atoms with Crippen LogP contribution in [0.4, 0.5) is 0 Å². The highest BCUT2D eigenvalue weighted by atomic mass is 35.5. The lowest BCUT2D eigenvalue weighted by atomic mass is 10.0. The van der Waals surface area contributed by atoms with E-state index in [9.17, 15) is 0 Å². The van der Waals surface area contributed by atoms with Crippen LogP contribution in [-0.2, 0) is 6.42 Å². The van der Waals surface area contributed by atoms with Gasteiger partial charge in [-0.05, 0) is 43.5 Å². The fraction of sp³-hybridized carbons (Fsp3) is 0.294. The van der Waals surface area contributed by atoms with Crippen LogP contribution in [-0.4, -0.2) is 6.04 Å². The summed E-state index contributed by atoms with van der Waals surface area (Å²) in [7, 11) is 0. The molecule has 0 aliphatic heterocycles. The molecule has 0 aliphatic rings. The molecule has 4 heteroatoms. The van der Waals surface area contributed by atoms with Crippen molar-refractivity contribution in [3.8, 4) is 11.5 Å². The number of hydrogen-bond donors (Lipinski definition) is 1. The molecule has 112 valence electrons. The minimum absolute atomic E-state index is 0.115. The summed E-state index contributed by atoms with van der Waals surface area (Å²) >= 11 is 12.2. The van der Waals surface area contributed by atoms with Gasteiger partial charge in [0.2, 0.25) is 0 Å². The molecule has 0 fully saturated rings. The van der Waals surface area contributed by atoms with Crippen molar-refractivity contribution in [2.24, 2.45) is 5.73 Å². The quantitative estimate of drug-likeness (QED) is 0.802. The summed E-state index contributed by atoms with van der Waals surface area (Å²) in [5, 5.41) is 1.12. The summed E-state index contributed by atoms with van der Waals surface area (Å²) in [6.45, 7) is 4.13. The molecule has 0 saturated carbocycles. The zero-order valence-electron chi connectivity index (χ0n) is 12.2. The maximum atomic E-state index is 6.15. The van der Waals surface area contributed by atoms with E-state index in [1.54, 1.807) is 18.2 Å². The Hall–Kier alpha value is -1.22. The summed E-state index contributed by atoms with van der Waals surface area (Å²) in [6.07, 6.45) is 1.69. The van der Waals surface area contributed by atoms with Gasteiger partial charge in [0.1, 0.15) is 11.5 Å². The SMILES string of the molecule is CCC(N)Cc1cc(C)ccc1Oc1cc(Cl)ccc1Cl. The average Bonchev–Trinajstić information content (AvgIpc) is 2.45. The lowest BCUT2D eigenvalue weighted by Crippen LogP contribution is -2.21. The van der Waals surface area contributed by atoms with Crippen molar-refractivity contribution >= 4 is 23.2 Å². The third kappa shape index (κ3) is 4.37. The largest absolute Gasteiger partial charge is 0.455 e. The van der Waals surface area contributed by atoms with Crippen LogP contribution >= 0.6 is 23.2 Å². The number of halogens is 2. The molecule has 0 heterocycles. The van der Waals surface area contributed by atoms with Crippen molar-refractivity contribution in [2.75, 3.05) is 0 Å². The van der Waals surface area contributed by atoms with E-state index in [1.807, 2.05) is 12.1 Å². The average molecular weight is 324 g/mol. The number of ether oxygens (including phenoxy) is 1. The van der Waals surface area contributed by atoms with Crippen molar-refractivity contribution in [1.82, 2.24) is 0 Å². The highest BCUT2D eigenvalue weighted by molar-refractivity contribution is 6.34. The van der Waals surface area contributed by atoms with E-state index in [0.717, 1.165) is 24.2 Å². The Morgan fingerprint density at radius 3 is 2.57 bits per heavy atom. The van der Waals surface area contributed by atoms with Crippen molar-refractivity contribution < 1.29 is 4.74 Å². The fourth-order valence-corrected chi connectivity index (χ4v) is 2.39. The van der Waals surface area contributed by atoms with E-state index in [-0.39, 0.29) is 6.04 Å². The lowest BCUT2D eigenvalue weighted by Gasteiger charge is -2.16. The molecule has 2 aromatic carbocycles. The summed E-state index contributed by atoms with van der Waals surface area (Å²) in [5.41, 5.74) is 8.33. The first-order chi connectivity index (χ1) is 9.99. The molecule has 2 nitrogen and oxygen atoms in total. The molecule has 0 aromatic heterocycles. The molecule has 0 spiro atoms. The topological polar surface area (TPSA) is 35.2 Å². The van der Waals surface area contributed by atoms with Crippen molar-refractivity contribution in [2.45, 2.75) is 32.7 Å². The molecule has 0 saturated heterocycles. The minimum Gasteiger partial charge on any atom is -0.455 e. The third-order valence-electron chi connectivity index (χ3n) is 3.34. The first-order valence-corrected chi connectivity index (χ1v) is 7.73. The monoisotopic (exact) mass is 323 g/mol. The van der Waals surface area contributed by atoms with Crippen molar-refractivity contribution in [3.63, 3.8) is 0 Å². The number of benzene rings is 2. The lowest BCUT2D eigenvalue weighted by molar-refractivity contribution is 0.472. The number of rotatable bonds is 5. The first kappa shape index (κ1) is 16.2. The van der Waals surface area contributed by atoms with Gasteiger partial charge in [-0.3, -0.25) is 0 Å². The van der Waals surface area contributed by atoms with E-state index in [4.69, 9.17) is 33.7 Å². The normalized spacial score (nSPS) is 12.2. The Morgan fingerprint density at radius 1 is 1.10 bits per heavy atom. The predicted octanol–water partition coefficient (Wildman–Crippen LogP) is 5.37. The summed E-state index contributed by atoms with van der Waals surface area (Å²) in [6, 6.07) is 11.4. The highest BCUT2D eigenvalue weighted by Gasteiger charge is 2.11. The van der Waals surface area contributed by atoms with Gasteiger partial charge in [-0.2, -0.15) is 0 Å². The Kier molecular flexibility index (Phi) is 5.51. The van der Waals surface area contributed by atoms with Crippen LogP contribution in [0.1, 0.15) is 24.5 Å². The highest BCUT2D eigenvalue weighted by Crippen LogP contribution is 2.34. The molecule has 0 aliphatic carbocycles. The van der Waals surface area contributed by atoms with Crippen molar-refractivity contribution in [1.29, 1.82) is 0 Å². The molecule has 0 bridgehead atoms. The fourth-order valence-electron chi connectivity index (χ4n) is 2.07. The van der Waals surface area contributed by atoms with Gasteiger partial charge in [0.15, 0.2) is 0 Å². The first-order valence-electron chi connectivity index (χ1n) is 6.97. The van der Waals surface area contributed by atoms with Gasteiger partial charge < -0.3 is 10.5 Å². The van der Waals surface area contributed by atoms with E-state index in [1.165, 1.54) is 5.56 Å². The van der Waals surface area contributed by atoms with Crippen LogP contribution < -0.4 is 10.5 Å². The zero-order valence-corrected chi connectivity index (χ0v) is 13.7. The molecule has 1 atom stereocenters. The van der Waals surface area contributed by atoms with Crippen LogP contribution in [0.25, 0.3) is 0 Å². The van der Waals surface area contributed by atoms with Crippen LogP contribution in [0.5, 0.6) is 11.5 Å². The van der Waals surface area contributed by atoms with Gasteiger partial charge >= 0.3 is 0 Å². The summed E-state index contributed by atoms with van der Waals surface area (Å²) in [4.78, 5) is 0. The molecule has 21 heavy (non-hydrogen) atoms. The molecule has 0 amide bonds. The number of nitrogens with two attached hydrogens (primary N) is 1. The van der Waals surface area contributed by atoms with Gasteiger partial charge in [-0.15, -0.1) is 0 Å². The van der Waals surface area contributed by atoms with Crippen molar-refractivity contribution in [3.05, 3.63) is 57.6 Å². The van der Waals surface area contributed by atoms with Gasteiger partial charge in [0.25, 0.3) is 0 Å². The van der Waals surface area contributed by atoms with E-state index < -0.39 is 0 Å². The Bertz CT molecular complexity index is 628. The zero-order chi connectivity index (χ0) is 15.4. The molecule has 0 radical (unpaired) electrons. The van der Waals surface area contributed by atoms with Gasteiger partial charge in [0, 0.05) is 17.1 Å². The molecular formula is C17H19Cl2NO. The third-order valence-corrected chi connectivity index (χ3v) is 3.88. The second-order valence-electron chi connectivity index (χ2n) is 5.16. The van der Waals surface area contributed by atoms with Gasteiger partial charge in [0.05, 0.1) is 5.02 Å². The smallest absolute Gasteiger partial charge is 0.147 e. The van der Waals surface area contributed by atoms with Crippen LogP contribution in [0.2, 0.25) is 10.0 Å². The maximum Gasteiger partial charge on any atom is 0.147 e. The second kappa shape index (κ2) is 7.17. The van der Waals surface area contributed by atoms with E-state index >= 15 is 0 Å². The van der Waals surface area contributed by atoms with E-state index in [2.05, 4.69) is 19.9 Å². The van der Waals surface area contributed by atoms with Crippen LogP contribution in [0.3, 0.4) is 0 Å². The summed E-state index contributed by atoms with van der Waals surface area (Å²) in [5.74, 6) is 1.33. The van der Waals surface area contributed by atoms with Crippen LogP contribution in [0.15, 0.2) is 36.4 Å². The Labute approximate surface area is 135 Å². The number of aryl methyl sites for hydroxylation is 1. The molecular weight excluding hydrogens is 305 g/mol. The standard InChI is InChI=1S/C17H19Cl2NO/c1-3-14(20)9-12-8-11(2)4-7-16(12)21-17-10-13(18)5-6-15(17)19/h4-8,10,14H,3,9,20H2,1-2H3. The molecule has 2 aromatic rings. The van der Waals surface area contributed by atoms with Gasteiger partial charge in [-0.1, -0.05) is 47.8 Å². The number of hydrogen-bond acceptors (Lipinski definition) is 2. The molecule has 1 unspecified atom stereocenters. The summed E-state index contributed by atoms with van der Waals surface area (Å²) < 4.78 is 5.95. The molecule has 2 N–H and O–H groups in total. The maximum absolute atomic E-state index is 6.15. The predicted molar refractivity (Wildman–Crippen MR) is 89.7 cm³/mol. The van der Waals surface area contributed by atoms with Gasteiger partial charge in [-0.25, -0.2) is 0 Å². The molecule has 2 rings (SSSR count). The second-order valence-corrected chi connectivity index (χ2v) is 6.00. The van der Waals surface area contributed by atoms with Crippen LogP contribution in [0, 0.1) is 6.92 Å². The minimum atomic E-state index is 0.115.